The summed E-state index contributed by atoms with van der Waals surface area (Å²) >= 11 is 5.93. The molecule has 0 fully saturated rings. The van der Waals surface area contributed by atoms with Gasteiger partial charge in [-0.3, -0.25) is 0 Å². The SMILES string of the molecule is Cc1cc(-c2noc(C(=O)O)c2C)ccc1Cl. The van der Waals surface area contributed by atoms with Gasteiger partial charge < -0.3 is 9.63 Å². The molecule has 0 spiro atoms. The number of aromatic carboxylic acids is 1. The van der Waals surface area contributed by atoms with Crippen molar-refractivity contribution in [3.63, 3.8) is 0 Å². The minimum Gasteiger partial charge on any atom is -0.475 e. The molecule has 88 valence electrons. The number of carboxylic acids is 1. The van der Waals surface area contributed by atoms with E-state index in [-0.39, 0.29) is 5.76 Å². The predicted molar refractivity (Wildman–Crippen MR) is 63.4 cm³/mol. The fourth-order valence-corrected chi connectivity index (χ4v) is 1.71. The Hall–Kier alpha value is -1.81. The quantitative estimate of drug-likeness (QED) is 0.889. The number of halogens is 1. The molecule has 0 saturated carbocycles. The van der Waals surface area contributed by atoms with Gasteiger partial charge in [-0.2, -0.15) is 0 Å². The van der Waals surface area contributed by atoms with Crippen molar-refractivity contribution >= 4 is 17.6 Å². The van der Waals surface area contributed by atoms with Gasteiger partial charge in [-0.1, -0.05) is 22.8 Å². The van der Waals surface area contributed by atoms with Crippen LogP contribution < -0.4 is 0 Å². The van der Waals surface area contributed by atoms with Crippen LogP contribution >= 0.6 is 11.6 Å². The first-order chi connectivity index (χ1) is 8.00. The fourth-order valence-electron chi connectivity index (χ4n) is 1.60. The Labute approximate surface area is 103 Å². The first kappa shape index (κ1) is 11.7. The van der Waals surface area contributed by atoms with Crippen LogP contribution in [0.15, 0.2) is 22.7 Å². The minimum absolute atomic E-state index is 0.132. The van der Waals surface area contributed by atoms with Crippen LogP contribution in [-0.4, -0.2) is 16.2 Å². The van der Waals surface area contributed by atoms with Crippen LogP contribution in [0.1, 0.15) is 21.7 Å². The van der Waals surface area contributed by atoms with Gasteiger partial charge in [-0.05, 0) is 31.5 Å². The van der Waals surface area contributed by atoms with Crippen molar-refractivity contribution in [2.24, 2.45) is 0 Å². The standard InChI is InChI=1S/C12H10ClNO3/c1-6-5-8(3-4-9(6)13)10-7(2)11(12(15)16)17-14-10/h3-5H,1-2H3,(H,15,16). The van der Waals surface area contributed by atoms with E-state index in [0.717, 1.165) is 11.1 Å². The molecule has 1 aromatic carbocycles. The lowest BCUT2D eigenvalue weighted by molar-refractivity contribution is 0.0651. The summed E-state index contributed by atoms with van der Waals surface area (Å²) in [6.07, 6.45) is 0. The van der Waals surface area contributed by atoms with Gasteiger partial charge in [-0.25, -0.2) is 4.79 Å². The molecule has 0 aliphatic rings. The van der Waals surface area contributed by atoms with Crippen molar-refractivity contribution in [1.82, 2.24) is 5.16 Å². The van der Waals surface area contributed by atoms with E-state index in [2.05, 4.69) is 5.16 Å². The van der Waals surface area contributed by atoms with Gasteiger partial charge in [0.2, 0.25) is 5.76 Å². The van der Waals surface area contributed by atoms with Crippen molar-refractivity contribution in [2.75, 3.05) is 0 Å². The molecule has 2 rings (SSSR count). The van der Waals surface area contributed by atoms with Crippen LogP contribution in [0.4, 0.5) is 0 Å². The smallest absolute Gasteiger partial charge is 0.375 e. The fraction of sp³-hybridized carbons (Fsp3) is 0.167. The second-order valence-electron chi connectivity index (χ2n) is 3.75. The molecule has 0 aliphatic carbocycles. The topological polar surface area (TPSA) is 63.3 Å². The van der Waals surface area contributed by atoms with E-state index < -0.39 is 5.97 Å². The van der Waals surface area contributed by atoms with E-state index in [4.69, 9.17) is 21.2 Å². The third-order valence-electron chi connectivity index (χ3n) is 2.55. The molecular formula is C12H10ClNO3. The van der Waals surface area contributed by atoms with E-state index in [1.165, 1.54) is 0 Å². The molecule has 1 N–H and O–H groups in total. The highest BCUT2D eigenvalue weighted by Crippen LogP contribution is 2.27. The van der Waals surface area contributed by atoms with Crippen LogP contribution in [0.25, 0.3) is 11.3 Å². The van der Waals surface area contributed by atoms with E-state index in [1.807, 2.05) is 13.0 Å². The lowest BCUT2D eigenvalue weighted by Crippen LogP contribution is -1.95. The molecule has 4 nitrogen and oxygen atoms in total. The maximum atomic E-state index is 10.8. The highest BCUT2D eigenvalue weighted by Gasteiger charge is 2.19. The molecule has 0 radical (unpaired) electrons. The summed E-state index contributed by atoms with van der Waals surface area (Å²) in [5.74, 6) is -1.25. The average Bonchev–Trinajstić information content (AvgIpc) is 2.64. The van der Waals surface area contributed by atoms with Gasteiger partial charge >= 0.3 is 5.97 Å². The lowest BCUT2D eigenvalue weighted by atomic mass is 10.1. The van der Waals surface area contributed by atoms with Crippen molar-refractivity contribution in [3.05, 3.63) is 40.1 Å². The van der Waals surface area contributed by atoms with Crippen molar-refractivity contribution in [3.8, 4) is 11.3 Å². The number of rotatable bonds is 2. The average molecular weight is 252 g/mol. The summed E-state index contributed by atoms with van der Waals surface area (Å²) in [5, 5.41) is 13.3. The van der Waals surface area contributed by atoms with Gasteiger partial charge in [-0.15, -0.1) is 0 Å². The summed E-state index contributed by atoms with van der Waals surface area (Å²) in [4.78, 5) is 10.8. The van der Waals surface area contributed by atoms with Crippen molar-refractivity contribution in [1.29, 1.82) is 0 Å². The zero-order chi connectivity index (χ0) is 12.6. The molecule has 0 bridgehead atoms. The third kappa shape index (κ3) is 2.03. The number of nitrogens with zero attached hydrogens (tertiary/aromatic N) is 1. The van der Waals surface area contributed by atoms with Crippen LogP contribution in [-0.2, 0) is 0 Å². The Morgan fingerprint density at radius 1 is 1.41 bits per heavy atom. The summed E-state index contributed by atoms with van der Waals surface area (Å²) in [5.41, 5.74) is 2.74. The third-order valence-corrected chi connectivity index (χ3v) is 2.97. The summed E-state index contributed by atoms with van der Waals surface area (Å²) in [6.45, 7) is 3.54. The zero-order valence-corrected chi connectivity index (χ0v) is 10.1. The number of hydrogen-bond donors (Lipinski definition) is 1. The molecule has 0 aliphatic heterocycles. The van der Waals surface area contributed by atoms with E-state index in [9.17, 15) is 4.79 Å². The molecular weight excluding hydrogens is 242 g/mol. The molecule has 0 atom stereocenters. The minimum atomic E-state index is -1.12. The number of carbonyl (C=O) groups is 1. The Morgan fingerprint density at radius 3 is 2.65 bits per heavy atom. The monoisotopic (exact) mass is 251 g/mol. The summed E-state index contributed by atoms with van der Waals surface area (Å²) < 4.78 is 4.80. The van der Waals surface area contributed by atoms with E-state index >= 15 is 0 Å². The number of benzene rings is 1. The van der Waals surface area contributed by atoms with E-state index in [1.54, 1.807) is 19.1 Å². The Balaban J connectivity index is 2.53. The molecule has 1 aromatic heterocycles. The zero-order valence-electron chi connectivity index (χ0n) is 9.32. The molecule has 5 heteroatoms. The number of carboxylic acid groups (broad SMARTS) is 1. The molecule has 1 heterocycles. The van der Waals surface area contributed by atoms with Crippen LogP contribution in [0.2, 0.25) is 5.02 Å². The van der Waals surface area contributed by atoms with Gasteiger partial charge in [0.1, 0.15) is 5.69 Å². The Morgan fingerprint density at radius 2 is 2.12 bits per heavy atom. The first-order valence-corrected chi connectivity index (χ1v) is 5.34. The van der Waals surface area contributed by atoms with Gasteiger partial charge in [0.25, 0.3) is 0 Å². The maximum Gasteiger partial charge on any atom is 0.375 e. The lowest BCUT2D eigenvalue weighted by Gasteiger charge is -2.01. The second kappa shape index (κ2) is 4.22. The summed E-state index contributed by atoms with van der Waals surface area (Å²) in [7, 11) is 0. The first-order valence-electron chi connectivity index (χ1n) is 4.97. The van der Waals surface area contributed by atoms with Gasteiger partial charge in [0.05, 0.1) is 0 Å². The van der Waals surface area contributed by atoms with Gasteiger partial charge in [0.15, 0.2) is 0 Å². The molecule has 17 heavy (non-hydrogen) atoms. The summed E-state index contributed by atoms with van der Waals surface area (Å²) in [6, 6.07) is 5.38. The van der Waals surface area contributed by atoms with Crippen LogP contribution in [0, 0.1) is 13.8 Å². The number of aromatic nitrogens is 1. The normalized spacial score (nSPS) is 10.5. The maximum absolute atomic E-state index is 10.8. The molecule has 0 amide bonds. The number of hydrogen-bond acceptors (Lipinski definition) is 3. The van der Waals surface area contributed by atoms with Crippen molar-refractivity contribution in [2.45, 2.75) is 13.8 Å². The van der Waals surface area contributed by atoms with Crippen LogP contribution in [0.5, 0.6) is 0 Å². The Bertz CT molecular complexity index is 589. The van der Waals surface area contributed by atoms with Crippen molar-refractivity contribution < 1.29 is 14.4 Å². The Kier molecular flexibility index (Phi) is 2.90. The molecule has 0 saturated heterocycles. The largest absolute Gasteiger partial charge is 0.475 e. The van der Waals surface area contributed by atoms with E-state index in [0.29, 0.717) is 16.3 Å². The highest BCUT2D eigenvalue weighted by molar-refractivity contribution is 6.31. The second-order valence-corrected chi connectivity index (χ2v) is 4.16. The number of aryl methyl sites for hydroxylation is 1. The predicted octanol–water partition coefficient (Wildman–Crippen LogP) is 3.31. The van der Waals surface area contributed by atoms with Crippen LogP contribution in [0.3, 0.4) is 0 Å². The highest BCUT2D eigenvalue weighted by atomic mass is 35.5. The molecule has 0 unspecified atom stereocenters. The van der Waals surface area contributed by atoms with Gasteiger partial charge in [0, 0.05) is 16.1 Å². The molecule has 2 aromatic rings.